The average molecular weight is 250 g/mol. The van der Waals surface area contributed by atoms with E-state index in [0.29, 0.717) is 18.7 Å². The Balaban J connectivity index is 2.90. The quantitative estimate of drug-likeness (QED) is 0.855. The van der Waals surface area contributed by atoms with Gasteiger partial charge in [0.2, 0.25) is 0 Å². The van der Waals surface area contributed by atoms with Crippen LogP contribution >= 0.6 is 0 Å². The average Bonchev–Trinajstić information content (AvgIpc) is 2.31. The van der Waals surface area contributed by atoms with E-state index in [1.807, 2.05) is 20.8 Å². The number of carbonyl (C=O) groups is 1. The smallest absolute Gasteiger partial charge is 0.257 e. The van der Waals surface area contributed by atoms with Crippen LogP contribution in [0.1, 0.15) is 29.8 Å². The lowest BCUT2D eigenvalue weighted by Gasteiger charge is -2.29. The Hall–Kier alpha value is -1.55. The van der Waals surface area contributed by atoms with Gasteiger partial charge < -0.3 is 15.7 Å². The second-order valence-electron chi connectivity index (χ2n) is 5.55. The normalized spacial score (nSPS) is 11.4. The summed E-state index contributed by atoms with van der Waals surface area (Å²) >= 11 is 0. The molecule has 4 heteroatoms. The van der Waals surface area contributed by atoms with Crippen molar-refractivity contribution in [2.24, 2.45) is 11.1 Å². The molecule has 0 bridgehead atoms. The molecule has 1 rings (SSSR count). The van der Waals surface area contributed by atoms with Gasteiger partial charge in [0.1, 0.15) is 5.75 Å². The molecule has 100 valence electrons. The molecule has 18 heavy (non-hydrogen) atoms. The van der Waals surface area contributed by atoms with Crippen LogP contribution < -0.4 is 5.73 Å². The molecule has 0 saturated carbocycles. The van der Waals surface area contributed by atoms with E-state index in [-0.39, 0.29) is 17.1 Å². The highest BCUT2D eigenvalue weighted by atomic mass is 16.3. The zero-order chi connectivity index (χ0) is 13.9. The molecular weight excluding hydrogens is 228 g/mol. The van der Waals surface area contributed by atoms with Gasteiger partial charge in [-0.3, -0.25) is 4.79 Å². The maximum absolute atomic E-state index is 12.2. The number of phenolic OH excluding ortho intramolecular Hbond substituents is 1. The van der Waals surface area contributed by atoms with E-state index in [1.54, 1.807) is 30.1 Å². The lowest BCUT2D eigenvalue weighted by molar-refractivity contribution is 0.0737. The fourth-order valence-electron chi connectivity index (χ4n) is 1.81. The van der Waals surface area contributed by atoms with Crippen molar-refractivity contribution in [2.45, 2.75) is 20.8 Å². The van der Waals surface area contributed by atoms with Crippen molar-refractivity contribution in [2.75, 3.05) is 20.1 Å². The van der Waals surface area contributed by atoms with Gasteiger partial charge in [0.15, 0.2) is 0 Å². The minimum Gasteiger partial charge on any atom is -0.507 e. The third-order valence-corrected chi connectivity index (χ3v) is 2.95. The number of amides is 1. The van der Waals surface area contributed by atoms with Gasteiger partial charge in [-0.2, -0.15) is 0 Å². The predicted molar refractivity (Wildman–Crippen MR) is 72.6 cm³/mol. The summed E-state index contributed by atoms with van der Waals surface area (Å²) < 4.78 is 0. The largest absolute Gasteiger partial charge is 0.507 e. The van der Waals surface area contributed by atoms with Gasteiger partial charge in [-0.1, -0.05) is 25.5 Å². The zero-order valence-corrected chi connectivity index (χ0v) is 11.5. The lowest BCUT2D eigenvalue weighted by Crippen LogP contribution is -2.39. The van der Waals surface area contributed by atoms with Crippen molar-refractivity contribution in [1.82, 2.24) is 4.90 Å². The van der Waals surface area contributed by atoms with Gasteiger partial charge in [0.25, 0.3) is 5.91 Å². The molecule has 0 aliphatic heterocycles. The van der Waals surface area contributed by atoms with Crippen molar-refractivity contribution in [3.05, 3.63) is 29.3 Å². The summed E-state index contributed by atoms with van der Waals surface area (Å²) in [6.07, 6.45) is 0. The number of nitrogens with two attached hydrogens (primary N) is 1. The summed E-state index contributed by atoms with van der Waals surface area (Å²) in [5, 5.41) is 9.74. The predicted octanol–water partition coefficient (Wildman–Crippen LogP) is 1.76. The summed E-state index contributed by atoms with van der Waals surface area (Å²) in [6, 6.07) is 5.02. The van der Waals surface area contributed by atoms with Gasteiger partial charge in [-0.05, 0) is 31.0 Å². The number of hydrogen-bond acceptors (Lipinski definition) is 3. The van der Waals surface area contributed by atoms with Crippen LogP contribution in [-0.4, -0.2) is 36.1 Å². The summed E-state index contributed by atoms with van der Waals surface area (Å²) in [7, 11) is 1.72. The van der Waals surface area contributed by atoms with E-state index in [1.165, 1.54) is 0 Å². The van der Waals surface area contributed by atoms with Gasteiger partial charge in [0.05, 0.1) is 5.56 Å². The molecule has 0 atom stereocenters. The van der Waals surface area contributed by atoms with Crippen LogP contribution in [0.2, 0.25) is 0 Å². The molecule has 0 aromatic heterocycles. The molecule has 0 radical (unpaired) electrons. The number of rotatable bonds is 4. The molecule has 0 saturated heterocycles. The number of phenols is 1. The molecule has 1 amide bonds. The first-order chi connectivity index (χ1) is 8.26. The number of aryl methyl sites for hydroxylation is 1. The standard InChI is InChI=1S/C14H22N2O2/c1-10-5-6-12(17)11(7-10)13(18)16(4)9-14(2,3)8-15/h5-7,17H,8-9,15H2,1-4H3. The zero-order valence-electron chi connectivity index (χ0n) is 11.5. The highest BCUT2D eigenvalue weighted by molar-refractivity contribution is 5.96. The first-order valence-electron chi connectivity index (χ1n) is 6.02. The number of hydrogen-bond donors (Lipinski definition) is 2. The second-order valence-corrected chi connectivity index (χ2v) is 5.55. The van der Waals surface area contributed by atoms with E-state index < -0.39 is 0 Å². The molecule has 0 aliphatic carbocycles. The first kappa shape index (κ1) is 14.5. The topological polar surface area (TPSA) is 66.6 Å². The Kier molecular flexibility index (Phi) is 4.35. The van der Waals surface area contributed by atoms with E-state index in [9.17, 15) is 9.90 Å². The molecule has 1 aromatic carbocycles. The Bertz CT molecular complexity index is 441. The van der Waals surface area contributed by atoms with Crippen molar-refractivity contribution in [3.63, 3.8) is 0 Å². The third kappa shape index (κ3) is 3.47. The Morgan fingerprint density at radius 3 is 2.61 bits per heavy atom. The van der Waals surface area contributed by atoms with Crippen LogP contribution in [0, 0.1) is 12.3 Å². The van der Waals surface area contributed by atoms with Crippen LogP contribution in [0.15, 0.2) is 18.2 Å². The molecule has 0 spiro atoms. The van der Waals surface area contributed by atoms with Crippen LogP contribution in [0.3, 0.4) is 0 Å². The Morgan fingerprint density at radius 1 is 1.44 bits per heavy atom. The van der Waals surface area contributed by atoms with E-state index in [2.05, 4.69) is 0 Å². The fourth-order valence-corrected chi connectivity index (χ4v) is 1.81. The van der Waals surface area contributed by atoms with Gasteiger partial charge in [0, 0.05) is 13.6 Å². The SMILES string of the molecule is Cc1ccc(O)c(C(=O)N(C)CC(C)(C)CN)c1. The van der Waals surface area contributed by atoms with Crippen molar-refractivity contribution < 1.29 is 9.90 Å². The Morgan fingerprint density at radius 2 is 2.06 bits per heavy atom. The molecular formula is C14H22N2O2. The van der Waals surface area contributed by atoms with Crippen molar-refractivity contribution in [3.8, 4) is 5.75 Å². The van der Waals surface area contributed by atoms with Gasteiger partial charge in [-0.15, -0.1) is 0 Å². The Labute approximate surface area is 108 Å². The summed E-state index contributed by atoms with van der Waals surface area (Å²) in [5.41, 5.74) is 6.81. The summed E-state index contributed by atoms with van der Waals surface area (Å²) in [5.74, 6) is -0.166. The molecule has 4 nitrogen and oxygen atoms in total. The van der Waals surface area contributed by atoms with Crippen LogP contribution in [0.4, 0.5) is 0 Å². The molecule has 0 heterocycles. The molecule has 1 aromatic rings. The van der Waals surface area contributed by atoms with E-state index >= 15 is 0 Å². The first-order valence-corrected chi connectivity index (χ1v) is 6.02. The van der Waals surface area contributed by atoms with E-state index in [4.69, 9.17) is 5.73 Å². The summed E-state index contributed by atoms with van der Waals surface area (Å²) in [4.78, 5) is 13.8. The summed E-state index contributed by atoms with van der Waals surface area (Å²) in [6.45, 7) is 6.96. The monoisotopic (exact) mass is 250 g/mol. The van der Waals surface area contributed by atoms with Gasteiger partial charge in [-0.25, -0.2) is 0 Å². The van der Waals surface area contributed by atoms with Crippen molar-refractivity contribution >= 4 is 5.91 Å². The van der Waals surface area contributed by atoms with Crippen LogP contribution in [0.5, 0.6) is 5.75 Å². The second kappa shape index (κ2) is 5.40. The maximum atomic E-state index is 12.2. The maximum Gasteiger partial charge on any atom is 0.257 e. The number of carbonyl (C=O) groups excluding carboxylic acids is 1. The lowest BCUT2D eigenvalue weighted by atomic mass is 9.93. The van der Waals surface area contributed by atoms with Gasteiger partial charge >= 0.3 is 0 Å². The number of nitrogens with zero attached hydrogens (tertiary/aromatic N) is 1. The minimum absolute atomic E-state index is 0.0167. The molecule has 3 N–H and O–H groups in total. The third-order valence-electron chi connectivity index (χ3n) is 2.95. The minimum atomic E-state index is -0.183. The van der Waals surface area contributed by atoms with Crippen LogP contribution in [-0.2, 0) is 0 Å². The van der Waals surface area contributed by atoms with Crippen molar-refractivity contribution in [1.29, 1.82) is 0 Å². The van der Waals surface area contributed by atoms with Crippen LogP contribution in [0.25, 0.3) is 0 Å². The highest BCUT2D eigenvalue weighted by Gasteiger charge is 2.23. The highest BCUT2D eigenvalue weighted by Crippen LogP contribution is 2.21. The molecule has 0 unspecified atom stereocenters. The fraction of sp³-hybridized carbons (Fsp3) is 0.500. The van der Waals surface area contributed by atoms with E-state index in [0.717, 1.165) is 5.56 Å². The number of aromatic hydroxyl groups is 1. The molecule has 0 fully saturated rings. The molecule has 0 aliphatic rings. The number of benzene rings is 1.